The zero-order valence-electron chi connectivity index (χ0n) is 22.4. The van der Waals surface area contributed by atoms with Crippen molar-refractivity contribution in [1.82, 2.24) is 0 Å². The number of hydrogen-bond donors (Lipinski definition) is 0. The standard InChI is InChI=1S/C30H29S2.6FH.Sb/c1-18-13-22(5)29(15-20(18)3)32(30-16-21(4)19(2)14-23(30)6)24-11-12-28-26(17-24)25-9-7-8-10-27(25)31-28;;;;;;;/h7-17H,1-6H3;6*1H;/q+1;;;;;;;+5/p-6. The van der Waals surface area contributed by atoms with Gasteiger partial charge in [0.15, 0.2) is 14.7 Å². The first-order valence-electron chi connectivity index (χ1n) is 12.0. The molecule has 0 unspecified atom stereocenters. The molecule has 0 bridgehead atoms. The number of aryl methyl sites for hydroxylation is 6. The fourth-order valence-electron chi connectivity index (χ4n) is 4.51. The SMILES string of the molecule is Cc1cc(C)c([S+](c2ccc3sc4ccccc4c3c2)c2cc(C)c(C)cc2C)cc1C.[F-].[F][Sb]([F])([F])([F])[F]. The van der Waals surface area contributed by atoms with E-state index in [-0.39, 0.29) is 15.6 Å². The third-order valence-corrected chi connectivity index (χ3v) is 10.2. The van der Waals surface area contributed by atoms with Crippen molar-refractivity contribution in [3.8, 4) is 0 Å². The topological polar surface area (TPSA) is 0 Å². The minimum atomic E-state index is -9.19. The van der Waals surface area contributed by atoms with Crippen molar-refractivity contribution in [1.29, 1.82) is 0 Å². The van der Waals surface area contributed by atoms with E-state index in [1.807, 2.05) is 11.3 Å². The van der Waals surface area contributed by atoms with Crippen molar-refractivity contribution in [3.63, 3.8) is 0 Å². The van der Waals surface area contributed by atoms with Crippen LogP contribution >= 0.6 is 11.3 Å². The molecular formula is C30H29F6S2Sb. The van der Waals surface area contributed by atoms with Gasteiger partial charge in [-0.15, -0.1) is 11.3 Å². The first-order chi connectivity index (χ1) is 17.6. The zero-order chi connectivity index (χ0) is 28.0. The van der Waals surface area contributed by atoms with Crippen LogP contribution in [-0.4, -0.2) is 20.3 Å². The van der Waals surface area contributed by atoms with Crippen molar-refractivity contribution in [2.75, 3.05) is 0 Å². The summed E-state index contributed by atoms with van der Waals surface area (Å²) in [6.07, 6.45) is 0. The van der Waals surface area contributed by atoms with Crippen LogP contribution in [0.3, 0.4) is 0 Å². The van der Waals surface area contributed by atoms with Crippen LogP contribution in [0.25, 0.3) is 20.2 Å². The Balaban J connectivity index is 0.000000543. The minimum absolute atomic E-state index is 0. The zero-order valence-corrected chi connectivity index (χ0v) is 26.6. The van der Waals surface area contributed by atoms with Crippen LogP contribution in [0.1, 0.15) is 33.4 Å². The summed E-state index contributed by atoms with van der Waals surface area (Å²) in [6, 6.07) is 25.5. The number of benzene rings is 4. The van der Waals surface area contributed by atoms with E-state index in [4.69, 9.17) is 0 Å². The Hall–Kier alpha value is -2.15. The monoisotopic (exact) mass is 688 g/mol. The molecular weight excluding hydrogens is 660 g/mol. The fourth-order valence-corrected chi connectivity index (χ4v) is 8.13. The molecule has 1 heterocycles. The summed E-state index contributed by atoms with van der Waals surface area (Å²) >= 11 is -7.30. The van der Waals surface area contributed by atoms with Crippen LogP contribution in [0.2, 0.25) is 0 Å². The molecule has 0 aliphatic heterocycles. The molecule has 0 nitrogen and oxygen atoms in total. The number of fused-ring (bicyclic) bond motifs is 3. The second kappa shape index (κ2) is 11.4. The van der Waals surface area contributed by atoms with Crippen molar-refractivity contribution in [2.45, 2.75) is 56.2 Å². The Labute approximate surface area is 236 Å². The molecule has 5 rings (SSSR count). The van der Waals surface area contributed by atoms with Crippen LogP contribution in [0.4, 0.5) is 14.1 Å². The van der Waals surface area contributed by atoms with Gasteiger partial charge >= 0.3 is 34.4 Å². The van der Waals surface area contributed by atoms with Crippen molar-refractivity contribution in [2.24, 2.45) is 0 Å². The van der Waals surface area contributed by atoms with E-state index in [9.17, 15) is 14.1 Å². The van der Waals surface area contributed by atoms with E-state index in [1.54, 1.807) is 0 Å². The van der Waals surface area contributed by atoms with Gasteiger partial charge in [-0.2, -0.15) is 0 Å². The Morgan fingerprint density at radius 2 is 0.974 bits per heavy atom. The summed E-state index contributed by atoms with van der Waals surface area (Å²) in [5.74, 6) is 0. The molecule has 0 N–H and O–H groups in total. The summed E-state index contributed by atoms with van der Waals surface area (Å²) in [6.45, 7) is 13.5. The molecule has 5 aromatic rings. The van der Waals surface area contributed by atoms with Gasteiger partial charge in [0.25, 0.3) is 0 Å². The van der Waals surface area contributed by atoms with E-state index in [1.165, 1.54) is 68.2 Å². The molecule has 0 aliphatic carbocycles. The maximum absolute atomic E-state index is 9.91. The van der Waals surface area contributed by atoms with Crippen molar-refractivity contribution < 1.29 is 18.8 Å². The van der Waals surface area contributed by atoms with Crippen LogP contribution in [0, 0.1) is 41.5 Å². The third kappa shape index (κ3) is 7.53. The maximum atomic E-state index is 9.91. The van der Waals surface area contributed by atoms with Gasteiger partial charge in [0, 0.05) is 37.4 Å². The predicted molar refractivity (Wildman–Crippen MR) is 154 cm³/mol. The number of hydrogen-bond acceptors (Lipinski definition) is 1. The molecule has 0 aliphatic rings. The third-order valence-electron chi connectivity index (χ3n) is 6.61. The molecule has 0 atom stereocenters. The molecule has 0 amide bonds. The molecule has 0 fully saturated rings. The summed E-state index contributed by atoms with van der Waals surface area (Å²) in [4.78, 5) is 4.29. The predicted octanol–water partition coefficient (Wildman–Crippen LogP) is 7.72. The van der Waals surface area contributed by atoms with Crippen molar-refractivity contribution in [3.05, 3.63) is 100 Å². The molecule has 0 radical (unpaired) electrons. The Bertz CT molecular complexity index is 1590. The van der Waals surface area contributed by atoms with E-state index >= 15 is 0 Å². The first kappa shape index (κ1) is 31.4. The van der Waals surface area contributed by atoms with Crippen molar-refractivity contribution >= 4 is 62.7 Å². The van der Waals surface area contributed by atoms with Gasteiger partial charge in [-0.1, -0.05) is 30.3 Å². The quantitative estimate of drug-likeness (QED) is 0.103. The molecule has 208 valence electrons. The van der Waals surface area contributed by atoms with Gasteiger partial charge in [-0.05, 0) is 94.1 Å². The van der Waals surface area contributed by atoms with Gasteiger partial charge < -0.3 is 4.70 Å². The molecule has 39 heavy (non-hydrogen) atoms. The normalized spacial score (nSPS) is 12.6. The molecule has 0 saturated heterocycles. The number of halogens is 6. The second-order valence-corrected chi connectivity index (χ2v) is 16.3. The van der Waals surface area contributed by atoms with Crippen LogP contribution in [0.15, 0.2) is 81.4 Å². The Morgan fingerprint density at radius 3 is 1.49 bits per heavy atom. The van der Waals surface area contributed by atoms with E-state index in [0.29, 0.717) is 0 Å². The van der Waals surface area contributed by atoms with E-state index in [0.717, 1.165) is 0 Å². The number of thiophene rings is 1. The summed E-state index contributed by atoms with van der Waals surface area (Å²) in [5.41, 5.74) is 8.23. The van der Waals surface area contributed by atoms with Crippen LogP contribution in [0.5, 0.6) is 0 Å². The molecule has 0 spiro atoms. The summed E-state index contributed by atoms with van der Waals surface area (Å²) < 4.78 is 52.3. The number of rotatable bonds is 3. The average Bonchev–Trinajstić information content (AvgIpc) is 3.17. The average molecular weight is 689 g/mol. The van der Waals surface area contributed by atoms with Gasteiger partial charge in [-0.3, -0.25) is 0 Å². The van der Waals surface area contributed by atoms with E-state index < -0.39 is 20.3 Å². The van der Waals surface area contributed by atoms with Crippen LogP contribution < -0.4 is 4.70 Å². The molecule has 0 saturated carbocycles. The molecule has 9 heteroatoms. The first-order valence-corrected chi connectivity index (χ1v) is 18.9. The molecule has 4 aromatic carbocycles. The molecule has 1 aromatic heterocycles. The fraction of sp³-hybridized carbons (Fsp3) is 0.200. The summed E-state index contributed by atoms with van der Waals surface area (Å²) in [7, 11) is -0.153. The Morgan fingerprint density at radius 1 is 0.538 bits per heavy atom. The Kier molecular flexibility index (Phi) is 9.16. The summed E-state index contributed by atoms with van der Waals surface area (Å²) in [5, 5.41) is 2.75. The second-order valence-electron chi connectivity index (χ2n) is 9.61. The van der Waals surface area contributed by atoms with E-state index in [2.05, 4.69) is 108 Å². The van der Waals surface area contributed by atoms with Gasteiger partial charge in [0.2, 0.25) is 0 Å². The van der Waals surface area contributed by atoms with Crippen LogP contribution in [-0.2, 0) is 10.9 Å². The van der Waals surface area contributed by atoms with Gasteiger partial charge in [0.05, 0.1) is 10.9 Å². The van der Waals surface area contributed by atoms with Gasteiger partial charge in [-0.25, -0.2) is 0 Å². The van der Waals surface area contributed by atoms with Gasteiger partial charge in [0.1, 0.15) is 0 Å².